The number of hydrogen-bond acceptors (Lipinski definition) is 8. The highest BCUT2D eigenvalue weighted by atomic mass is 16.6. The molecular weight excluding hydrogens is 873 g/mol. The summed E-state index contributed by atoms with van der Waals surface area (Å²) in [5.74, 6) is -0.0138. The van der Waals surface area contributed by atoms with Gasteiger partial charge in [0.1, 0.15) is 18.3 Å². The molecular formula is C61H120N2O7. The van der Waals surface area contributed by atoms with Gasteiger partial charge in [-0.2, -0.15) is 0 Å². The maximum Gasteiger partial charge on any atom is 0.410 e. The van der Waals surface area contributed by atoms with Gasteiger partial charge in [-0.15, -0.1) is 0 Å². The molecule has 0 aromatic carbocycles. The van der Waals surface area contributed by atoms with Crippen molar-refractivity contribution < 1.29 is 33.3 Å². The van der Waals surface area contributed by atoms with E-state index in [1.165, 1.54) is 96.3 Å². The van der Waals surface area contributed by atoms with Gasteiger partial charge in [0.2, 0.25) is 0 Å². The van der Waals surface area contributed by atoms with Crippen LogP contribution in [-0.2, 0) is 28.5 Å². The molecule has 416 valence electrons. The van der Waals surface area contributed by atoms with E-state index in [4.69, 9.17) is 18.9 Å². The van der Waals surface area contributed by atoms with Gasteiger partial charge in [-0.1, -0.05) is 182 Å². The molecule has 1 amide bonds. The minimum absolute atomic E-state index is 0.00691. The maximum atomic E-state index is 13.9. The zero-order valence-electron chi connectivity index (χ0n) is 47.9. The lowest BCUT2D eigenvalue weighted by Crippen LogP contribution is -2.37. The van der Waals surface area contributed by atoms with Crippen molar-refractivity contribution >= 4 is 18.0 Å². The molecule has 0 aromatic rings. The molecule has 9 heteroatoms. The Bertz CT molecular complexity index is 1040. The summed E-state index contributed by atoms with van der Waals surface area (Å²) >= 11 is 0. The fraction of sp³-hybridized carbons (Fsp3) is 0.951. The normalized spacial score (nSPS) is 11.7. The Balaban J connectivity index is 5.10. The number of ether oxygens (including phenoxy) is 4. The molecule has 0 spiro atoms. The Labute approximate surface area is 435 Å². The molecule has 0 N–H and O–H groups in total. The minimum Gasteiger partial charge on any atom is -0.462 e. The van der Waals surface area contributed by atoms with Crippen molar-refractivity contribution in [3.63, 3.8) is 0 Å². The van der Waals surface area contributed by atoms with Crippen LogP contribution in [0.5, 0.6) is 0 Å². The van der Waals surface area contributed by atoms with E-state index in [9.17, 15) is 14.4 Å². The molecule has 0 rings (SSSR count). The van der Waals surface area contributed by atoms with Gasteiger partial charge < -0.3 is 28.7 Å². The van der Waals surface area contributed by atoms with E-state index < -0.39 is 0 Å². The predicted molar refractivity (Wildman–Crippen MR) is 298 cm³/mol. The first-order valence-electron chi connectivity index (χ1n) is 30.8. The molecule has 0 atom stereocenters. The van der Waals surface area contributed by atoms with Crippen molar-refractivity contribution in [2.75, 3.05) is 46.9 Å². The van der Waals surface area contributed by atoms with Crippen LogP contribution in [0.2, 0.25) is 0 Å². The van der Waals surface area contributed by atoms with E-state index in [0.717, 1.165) is 187 Å². The van der Waals surface area contributed by atoms with Crippen LogP contribution in [-0.4, -0.2) is 93.1 Å². The van der Waals surface area contributed by atoms with Crippen LogP contribution in [0.1, 0.15) is 311 Å². The molecule has 0 saturated carbocycles. The van der Waals surface area contributed by atoms with Gasteiger partial charge in [0, 0.05) is 39.1 Å². The zero-order chi connectivity index (χ0) is 51.4. The SMILES string of the molecule is CCCCCCOCCCCN(CCCN(C)C)C(=O)OC(CCCCCCCCC(=O)OC(CCCCCC)CCCCCC)CCCCCCCCC(=O)OC(CCCCCC)CCCCCC. The zero-order valence-corrected chi connectivity index (χ0v) is 47.9. The molecule has 0 radical (unpaired) electrons. The molecule has 0 aliphatic carbocycles. The highest BCUT2D eigenvalue weighted by molar-refractivity contribution is 5.70. The second-order valence-electron chi connectivity index (χ2n) is 21.5. The fourth-order valence-corrected chi connectivity index (χ4v) is 9.50. The summed E-state index contributed by atoms with van der Waals surface area (Å²) in [5, 5.41) is 0. The topological polar surface area (TPSA) is 94.6 Å². The lowest BCUT2D eigenvalue weighted by Gasteiger charge is -2.26. The summed E-state index contributed by atoms with van der Waals surface area (Å²) in [7, 11) is 4.17. The van der Waals surface area contributed by atoms with Crippen molar-refractivity contribution in [2.45, 2.75) is 329 Å². The van der Waals surface area contributed by atoms with Gasteiger partial charge >= 0.3 is 18.0 Å². The van der Waals surface area contributed by atoms with Crippen molar-refractivity contribution in [3.05, 3.63) is 0 Å². The van der Waals surface area contributed by atoms with E-state index in [0.29, 0.717) is 25.9 Å². The van der Waals surface area contributed by atoms with E-state index >= 15 is 0 Å². The lowest BCUT2D eigenvalue weighted by atomic mass is 10.0. The summed E-state index contributed by atoms with van der Waals surface area (Å²) in [6.07, 6.45) is 46.7. The standard InChI is InChI=1S/C61H120N2O7/c1-8-13-18-31-43-56(44-32-19-14-9-2)68-59(64)49-37-29-25-23-27-35-47-58(70-61(66)63(53-42-51-62(6)7)52-39-41-55-67-54-40-22-17-12-5)48-36-28-24-26-30-38-50-60(65)69-57(45-33-20-15-10-3)46-34-21-16-11-4/h56-58H,8-55H2,1-7H3. The van der Waals surface area contributed by atoms with Crippen molar-refractivity contribution in [3.8, 4) is 0 Å². The molecule has 0 saturated heterocycles. The van der Waals surface area contributed by atoms with Gasteiger partial charge in [0.15, 0.2) is 0 Å². The first-order valence-corrected chi connectivity index (χ1v) is 30.8. The number of rotatable bonds is 55. The molecule has 0 unspecified atom stereocenters. The number of unbranched alkanes of at least 4 members (excludes halogenated alkanes) is 26. The second kappa shape index (κ2) is 53.4. The van der Waals surface area contributed by atoms with Crippen LogP contribution in [0.15, 0.2) is 0 Å². The third kappa shape index (κ3) is 47.2. The van der Waals surface area contributed by atoms with Crippen molar-refractivity contribution in [2.24, 2.45) is 0 Å². The van der Waals surface area contributed by atoms with Gasteiger partial charge in [-0.3, -0.25) is 9.59 Å². The van der Waals surface area contributed by atoms with Crippen LogP contribution < -0.4 is 0 Å². The van der Waals surface area contributed by atoms with Crippen LogP contribution >= 0.6 is 0 Å². The first kappa shape index (κ1) is 68.1. The molecule has 9 nitrogen and oxygen atoms in total. The maximum absolute atomic E-state index is 13.9. The number of nitrogens with zero attached hydrogens (tertiary/aromatic N) is 2. The second-order valence-corrected chi connectivity index (χ2v) is 21.5. The lowest BCUT2D eigenvalue weighted by molar-refractivity contribution is -0.151. The third-order valence-electron chi connectivity index (χ3n) is 14.1. The fourth-order valence-electron chi connectivity index (χ4n) is 9.50. The molecule has 0 aromatic heterocycles. The minimum atomic E-state index is -0.156. The predicted octanol–water partition coefficient (Wildman–Crippen LogP) is 18.1. The molecule has 70 heavy (non-hydrogen) atoms. The Morgan fingerprint density at radius 1 is 0.329 bits per heavy atom. The van der Waals surface area contributed by atoms with Crippen LogP contribution in [0.4, 0.5) is 4.79 Å². The van der Waals surface area contributed by atoms with Gasteiger partial charge in [-0.25, -0.2) is 4.79 Å². The summed E-state index contributed by atoms with van der Waals surface area (Å²) < 4.78 is 24.3. The van der Waals surface area contributed by atoms with E-state index in [1.807, 2.05) is 4.90 Å². The Hall–Kier alpha value is -1.87. The molecule has 0 heterocycles. The van der Waals surface area contributed by atoms with Gasteiger partial charge in [0.25, 0.3) is 0 Å². The molecule has 0 aliphatic rings. The summed E-state index contributed by atoms with van der Waals surface area (Å²) in [6.45, 7) is 15.1. The largest absolute Gasteiger partial charge is 0.462 e. The molecule has 0 aliphatic heterocycles. The highest BCUT2D eigenvalue weighted by Gasteiger charge is 2.21. The number of amides is 1. The number of esters is 2. The number of carbonyl (C=O) groups is 3. The third-order valence-corrected chi connectivity index (χ3v) is 14.1. The molecule has 0 fully saturated rings. The van der Waals surface area contributed by atoms with Crippen LogP contribution in [0.25, 0.3) is 0 Å². The van der Waals surface area contributed by atoms with E-state index in [1.54, 1.807) is 0 Å². The van der Waals surface area contributed by atoms with E-state index in [2.05, 4.69) is 53.6 Å². The summed E-state index contributed by atoms with van der Waals surface area (Å²) in [5.41, 5.74) is 0. The number of hydrogen-bond donors (Lipinski definition) is 0. The average Bonchev–Trinajstić information content (AvgIpc) is 3.34. The van der Waals surface area contributed by atoms with E-state index in [-0.39, 0.29) is 36.3 Å². The quantitative estimate of drug-likeness (QED) is 0.0338. The van der Waals surface area contributed by atoms with Gasteiger partial charge in [0.05, 0.1) is 0 Å². The van der Waals surface area contributed by atoms with Crippen molar-refractivity contribution in [1.29, 1.82) is 0 Å². The van der Waals surface area contributed by atoms with Crippen LogP contribution in [0.3, 0.4) is 0 Å². The summed E-state index contributed by atoms with van der Waals surface area (Å²) in [6, 6.07) is 0. The Morgan fingerprint density at radius 3 is 1.00 bits per heavy atom. The smallest absolute Gasteiger partial charge is 0.410 e. The van der Waals surface area contributed by atoms with Crippen LogP contribution in [0, 0.1) is 0 Å². The highest BCUT2D eigenvalue weighted by Crippen LogP contribution is 2.22. The number of carbonyl (C=O) groups excluding carboxylic acids is 3. The molecule has 0 bridgehead atoms. The first-order chi connectivity index (χ1) is 34.2. The summed E-state index contributed by atoms with van der Waals surface area (Å²) in [4.78, 5) is 43.6. The van der Waals surface area contributed by atoms with Gasteiger partial charge in [-0.05, 0) is 136 Å². The monoisotopic (exact) mass is 993 g/mol. The average molecular weight is 994 g/mol. The Kier molecular flexibility index (Phi) is 52.0. The Morgan fingerprint density at radius 2 is 0.629 bits per heavy atom. The van der Waals surface area contributed by atoms with Crippen molar-refractivity contribution in [1.82, 2.24) is 9.80 Å².